The van der Waals surface area contributed by atoms with Crippen molar-refractivity contribution in [3.63, 3.8) is 0 Å². The highest BCUT2D eigenvalue weighted by molar-refractivity contribution is 6.03. The van der Waals surface area contributed by atoms with E-state index in [0.717, 1.165) is 0 Å². The number of fused-ring (bicyclic) bond motifs is 4. The highest BCUT2D eigenvalue weighted by Gasteiger charge is 2.45. The molecule has 0 spiro atoms. The van der Waals surface area contributed by atoms with Gasteiger partial charge in [-0.1, -0.05) is 13.0 Å². The minimum Gasteiger partial charge on any atom is -0.468 e. The van der Waals surface area contributed by atoms with E-state index in [1.54, 1.807) is 24.8 Å². The molecule has 2 bridgehead atoms. The fraction of sp³-hybridized carbons (Fsp3) is 0.487. The molecule has 3 aliphatic rings. The Morgan fingerprint density at radius 3 is 2.42 bits per heavy atom. The summed E-state index contributed by atoms with van der Waals surface area (Å²) in [4.78, 5) is 38.0. The summed E-state index contributed by atoms with van der Waals surface area (Å²) in [5, 5.41) is 0.958. The van der Waals surface area contributed by atoms with Gasteiger partial charge < -0.3 is 28.6 Å². The molecule has 1 unspecified atom stereocenters. The zero-order chi connectivity index (χ0) is 37.8. The van der Waals surface area contributed by atoms with Gasteiger partial charge in [0.2, 0.25) is 0 Å². The van der Waals surface area contributed by atoms with Crippen molar-refractivity contribution in [2.75, 3.05) is 38.5 Å². The zero-order valence-corrected chi connectivity index (χ0v) is 30.7. The standard InChI is InChI=1S/C39H43F3N4O7/c1-7-25-28(40)11-8-21-14-24(51-20-49-6)15-26(31(21)25)32-29(41)16-27-34(33(32)42)43-36(50-19-39(5)13-12-30(47)52-39)44-35(27)45-17-22-9-10-23(18-45)46(22)37(48)53-38(2,3)4/h8,11,14-16,22-23H,7,9-10,12-13,17-20H2,1-6H3/t22-,23+,39?. The molecule has 3 atom stereocenters. The number of cyclic esters (lactones) is 1. The lowest BCUT2D eigenvalue weighted by Crippen LogP contribution is -2.57. The number of rotatable bonds is 9. The van der Waals surface area contributed by atoms with E-state index in [1.165, 1.54) is 31.4 Å². The van der Waals surface area contributed by atoms with Crippen LogP contribution in [0.25, 0.3) is 32.8 Å². The van der Waals surface area contributed by atoms with E-state index in [-0.39, 0.29) is 78.3 Å². The van der Waals surface area contributed by atoms with Crippen LogP contribution in [0.3, 0.4) is 0 Å². The zero-order valence-electron chi connectivity index (χ0n) is 30.7. The first kappa shape index (κ1) is 36.5. The third-order valence-electron chi connectivity index (χ3n) is 10.1. The third-order valence-corrected chi connectivity index (χ3v) is 10.1. The molecular formula is C39H43F3N4O7. The van der Waals surface area contributed by atoms with E-state index in [4.69, 9.17) is 23.7 Å². The number of carbonyl (C=O) groups excluding carboxylic acids is 2. The number of ether oxygens (including phenoxy) is 5. The predicted octanol–water partition coefficient (Wildman–Crippen LogP) is 7.48. The molecule has 0 aliphatic carbocycles. The van der Waals surface area contributed by atoms with Crippen molar-refractivity contribution in [2.24, 2.45) is 0 Å². The van der Waals surface area contributed by atoms with E-state index in [1.807, 2.05) is 25.7 Å². The van der Waals surface area contributed by atoms with Gasteiger partial charge >= 0.3 is 18.1 Å². The van der Waals surface area contributed by atoms with Crippen LogP contribution < -0.4 is 14.4 Å². The second-order valence-corrected chi connectivity index (χ2v) is 15.2. The number of hydrogen-bond acceptors (Lipinski definition) is 10. The number of piperazine rings is 1. The van der Waals surface area contributed by atoms with Crippen LogP contribution in [0.4, 0.5) is 23.8 Å². The molecule has 0 N–H and O–H groups in total. The number of esters is 1. The van der Waals surface area contributed by atoms with Gasteiger partial charge in [-0.3, -0.25) is 9.69 Å². The molecule has 14 heteroatoms. The van der Waals surface area contributed by atoms with Crippen molar-refractivity contribution in [1.29, 1.82) is 0 Å². The van der Waals surface area contributed by atoms with E-state index in [2.05, 4.69) is 9.97 Å². The number of methoxy groups -OCH3 is 1. The molecule has 3 aromatic carbocycles. The molecule has 4 aromatic rings. The van der Waals surface area contributed by atoms with Gasteiger partial charge in [-0.25, -0.2) is 18.0 Å². The minimum absolute atomic E-state index is 0.0823. The predicted molar refractivity (Wildman–Crippen MR) is 191 cm³/mol. The first-order chi connectivity index (χ1) is 25.2. The van der Waals surface area contributed by atoms with Crippen LogP contribution in [0.1, 0.15) is 65.9 Å². The highest BCUT2D eigenvalue weighted by atomic mass is 19.1. The lowest BCUT2D eigenvalue weighted by Gasteiger charge is -2.42. The van der Waals surface area contributed by atoms with Crippen molar-refractivity contribution in [1.82, 2.24) is 14.9 Å². The van der Waals surface area contributed by atoms with Crippen LogP contribution in [0.15, 0.2) is 30.3 Å². The van der Waals surface area contributed by atoms with Gasteiger partial charge in [0.15, 0.2) is 12.6 Å². The Kier molecular flexibility index (Phi) is 9.54. The van der Waals surface area contributed by atoms with Crippen LogP contribution in [0.5, 0.6) is 11.8 Å². The van der Waals surface area contributed by atoms with Crippen LogP contribution in [0, 0.1) is 17.5 Å². The summed E-state index contributed by atoms with van der Waals surface area (Å²) in [6.07, 6.45) is 1.93. The van der Waals surface area contributed by atoms with Crippen LogP contribution in [0.2, 0.25) is 0 Å². The molecule has 3 saturated heterocycles. The lowest BCUT2D eigenvalue weighted by atomic mass is 9.91. The topological polar surface area (TPSA) is 113 Å². The highest BCUT2D eigenvalue weighted by Crippen LogP contribution is 2.43. The number of anilines is 1. The number of amides is 1. The van der Waals surface area contributed by atoms with E-state index in [0.29, 0.717) is 48.7 Å². The van der Waals surface area contributed by atoms with Crippen LogP contribution >= 0.6 is 0 Å². The van der Waals surface area contributed by atoms with Crippen LogP contribution in [-0.4, -0.2) is 83.8 Å². The maximum absolute atomic E-state index is 17.2. The average Bonchev–Trinajstić information content (AvgIpc) is 3.59. The second-order valence-electron chi connectivity index (χ2n) is 15.2. The summed E-state index contributed by atoms with van der Waals surface area (Å²) in [6, 6.07) is 6.53. The van der Waals surface area contributed by atoms with Crippen molar-refractivity contribution < 1.29 is 46.4 Å². The monoisotopic (exact) mass is 736 g/mol. The Hall–Kier alpha value is -4.85. The Morgan fingerprint density at radius 1 is 1.04 bits per heavy atom. The number of hydrogen-bond donors (Lipinski definition) is 0. The summed E-state index contributed by atoms with van der Waals surface area (Å²) in [6.45, 7) is 9.37. The van der Waals surface area contributed by atoms with E-state index >= 15 is 13.2 Å². The Labute approximate surface area is 305 Å². The number of benzene rings is 3. The van der Waals surface area contributed by atoms with Gasteiger partial charge in [-0.05, 0) is 93.1 Å². The number of carbonyl (C=O) groups is 2. The van der Waals surface area contributed by atoms with Crippen molar-refractivity contribution in [3.05, 3.63) is 53.3 Å². The molecule has 11 nitrogen and oxygen atoms in total. The maximum atomic E-state index is 17.2. The Morgan fingerprint density at radius 2 is 1.77 bits per heavy atom. The Bertz CT molecular complexity index is 2090. The smallest absolute Gasteiger partial charge is 0.410 e. The number of aryl methyl sites for hydroxylation is 1. The molecule has 7 rings (SSSR count). The lowest BCUT2D eigenvalue weighted by molar-refractivity contribution is -0.149. The molecule has 53 heavy (non-hydrogen) atoms. The second kappa shape index (κ2) is 13.9. The van der Waals surface area contributed by atoms with Crippen molar-refractivity contribution in [2.45, 2.75) is 90.0 Å². The molecule has 1 aromatic heterocycles. The summed E-state index contributed by atoms with van der Waals surface area (Å²) < 4.78 is 77.1. The van der Waals surface area contributed by atoms with Gasteiger partial charge in [0.1, 0.15) is 46.5 Å². The van der Waals surface area contributed by atoms with E-state index in [9.17, 15) is 9.59 Å². The molecule has 3 fully saturated rings. The molecule has 0 saturated carbocycles. The van der Waals surface area contributed by atoms with Crippen molar-refractivity contribution >= 4 is 39.6 Å². The maximum Gasteiger partial charge on any atom is 0.410 e. The minimum atomic E-state index is -1.00. The number of nitrogens with zero attached hydrogens (tertiary/aromatic N) is 4. The van der Waals surface area contributed by atoms with Crippen LogP contribution in [-0.2, 0) is 25.4 Å². The first-order valence-electron chi connectivity index (χ1n) is 17.9. The van der Waals surface area contributed by atoms with Crippen molar-refractivity contribution in [3.8, 4) is 22.9 Å². The van der Waals surface area contributed by atoms with Gasteiger partial charge in [0.05, 0.1) is 17.6 Å². The number of halogens is 3. The molecule has 0 radical (unpaired) electrons. The Balaban J connectivity index is 1.37. The fourth-order valence-electron chi connectivity index (χ4n) is 7.70. The number of aromatic nitrogens is 2. The molecule has 282 valence electrons. The first-order valence-corrected chi connectivity index (χ1v) is 17.9. The summed E-state index contributed by atoms with van der Waals surface area (Å²) in [5.74, 6) is -2.27. The van der Waals surface area contributed by atoms with Gasteiger partial charge in [0.25, 0.3) is 0 Å². The quantitative estimate of drug-likeness (QED) is 0.127. The summed E-state index contributed by atoms with van der Waals surface area (Å²) in [7, 11) is 1.45. The summed E-state index contributed by atoms with van der Waals surface area (Å²) in [5.41, 5.74) is -1.89. The SMILES string of the molecule is CCc1c(F)ccc2cc(OCOC)cc(-c3c(F)cc4c(N5C[C@H]6CC[C@@H](C5)N6C(=O)OC(C)(C)C)nc(OCC5(C)CCC(=O)O5)nc4c3F)c12. The van der Waals surface area contributed by atoms with Gasteiger partial charge in [0, 0.05) is 38.4 Å². The molecule has 3 aliphatic heterocycles. The molecule has 4 heterocycles. The third kappa shape index (κ3) is 7.00. The summed E-state index contributed by atoms with van der Waals surface area (Å²) >= 11 is 0. The fourth-order valence-corrected chi connectivity index (χ4v) is 7.70. The van der Waals surface area contributed by atoms with E-state index < -0.39 is 40.3 Å². The average molecular weight is 737 g/mol. The molecular weight excluding hydrogens is 693 g/mol. The molecule has 1 amide bonds. The largest absolute Gasteiger partial charge is 0.468 e. The van der Waals surface area contributed by atoms with Gasteiger partial charge in [-0.2, -0.15) is 9.97 Å². The normalized spacial score (nSPS) is 21.4. The van der Waals surface area contributed by atoms with Gasteiger partial charge in [-0.15, -0.1) is 0 Å².